The van der Waals surface area contributed by atoms with Crippen LogP contribution in [0.5, 0.6) is 0 Å². The van der Waals surface area contributed by atoms with Gasteiger partial charge in [-0.15, -0.1) is 0 Å². The molecule has 25 heavy (non-hydrogen) atoms. The van der Waals surface area contributed by atoms with Gasteiger partial charge in [-0.05, 0) is 23.6 Å². The summed E-state index contributed by atoms with van der Waals surface area (Å²) in [5.74, 6) is -0.194. The van der Waals surface area contributed by atoms with Gasteiger partial charge in [0.15, 0.2) is 0 Å². The summed E-state index contributed by atoms with van der Waals surface area (Å²) in [5.41, 5.74) is 2.53. The molecule has 0 aliphatic heterocycles. The Kier molecular flexibility index (Phi) is 5.09. The van der Waals surface area contributed by atoms with Crippen LogP contribution in [0, 0.1) is 0 Å². The lowest BCUT2D eigenvalue weighted by Crippen LogP contribution is -2.31. The standard InChI is InChI=1S/C21H20N2O2/c1-23-15-18(12-13-20(23)24)21(25)22-19(17-10-6-3-7-11-17)14-16-8-4-2-5-9-16/h2-13,15,19H,14H2,1H3,(H,22,25)/t19-/m0/s1. The lowest BCUT2D eigenvalue weighted by Gasteiger charge is -2.20. The van der Waals surface area contributed by atoms with Crippen molar-refractivity contribution in [2.45, 2.75) is 12.5 Å². The highest BCUT2D eigenvalue weighted by Gasteiger charge is 2.16. The molecular weight excluding hydrogens is 312 g/mol. The monoisotopic (exact) mass is 332 g/mol. The topological polar surface area (TPSA) is 51.1 Å². The fraction of sp³-hybridized carbons (Fsp3) is 0.143. The number of aromatic nitrogens is 1. The van der Waals surface area contributed by atoms with Crippen LogP contribution in [0.4, 0.5) is 0 Å². The Hall–Kier alpha value is -3.14. The van der Waals surface area contributed by atoms with Gasteiger partial charge in [-0.25, -0.2) is 0 Å². The number of nitrogens with one attached hydrogen (secondary N) is 1. The molecular formula is C21H20N2O2. The summed E-state index contributed by atoms with van der Waals surface area (Å²) in [7, 11) is 1.64. The average Bonchev–Trinajstić information content (AvgIpc) is 2.65. The predicted molar refractivity (Wildman–Crippen MR) is 98.5 cm³/mol. The fourth-order valence-corrected chi connectivity index (χ4v) is 2.76. The lowest BCUT2D eigenvalue weighted by atomic mass is 9.98. The smallest absolute Gasteiger partial charge is 0.253 e. The first-order valence-corrected chi connectivity index (χ1v) is 8.20. The highest BCUT2D eigenvalue weighted by atomic mass is 16.2. The molecule has 4 nitrogen and oxygen atoms in total. The van der Waals surface area contributed by atoms with Crippen LogP contribution in [-0.4, -0.2) is 10.5 Å². The largest absolute Gasteiger partial charge is 0.345 e. The van der Waals surface area contributed by atoms with Crippen LogP contribution in [0.2, 0.25) is 0 Å². The van der Waals surface area contributed by atoms with E-state index in [1.54, 1.807) is 19.3 Å². The minimum absolute atomic E-state index is 0.138. The van der Waals surface area contributed by atoms with Crippen LogP contribution in [0.3, 0.4) is 0 Å². The van der Waals surface area contributed by atoms with Crippen molar-refractivity contribution in [3.8, 4) is 0 Å². The van der Waals surface area contributed by atoms with E-state index in [0.717, 1.165) is 11.1 Å². The van der Waals surface area contributed by atoms with Gasteiger partial charge in [0.2, 0.25) is 5.56 Å². The highest BCUT2D eigenvalue weighted by molar-refractivity contribution is 5.94. The molecule has 126 valence electrons. The molecule has 3 aromatic rings. The molecule has 0 aliphatic rings. The molecule has 4 heteroatoms. The van der Waals surface area contributed by atoms with Crippen molar-refractivity contribution in [2.75, 3.05) is 0 Å². The van der Waals surface area contributed by atoms with Gasteiger partial charge in [0.1, 0.15) is 0 Å². The summed E-state index contributed by atoms with van der Waals surface area (Å²) in [6.45, 7) is 0. The van der Waals surface area contributed by atoms with Crippen LogP contribution in [0.1, 0.15) is 27.5 Å². The molecule has 0 aliphatic carbocycles. The summed E-state index contributed by atoms with van der Waals surface area (Å²) < 4.78 is 1.41. The van der Waals surface area contributed by atoms with Crippen molar-refractivity contribution in [1.82, 2.24) is 9.88 Å². The normalized spacial score (nSPS) is 11.7. The summed E-state index contributed by atoms with van der Waals surface area (Å²) in [4.78, 5) is 24.2. The van der Waals surface area contributed by atoms with Crippen LogP contribution in [-0.2, 0) is 13.5 Å². The first-order valence-electron chi connectivity index (χ1n) is 8.20. The van der Waals surface area contributed by atoms with E-state index in [1.165, 1.54) is 10.6 Å². The third kappa shape index (κ3) is 4.23. The molecule has 0 unspecified atom stereocenters. The van der Waals surface area contributed by atoms with Gasteiger partial charge in [0.25, 0.3) is 5.91 Å². The van der Waals surface area contributed by atoms with E-state index in [1.807, 2.05) is 60.7 Å². The zero-order valence-electron chi connectivity index (χ0n) is 14.1. The maximum atomic E-state index is 12.7. The van der Waals surface area contributed by atoms with E-state index in [9.17, 15) is 9.59 Å². The maximum absolute atomic E-state index is 12.7. The van der Waals surface area contributed by atoms with Crippen molar-refractivity contribution in [1.29, 1.82) is 0 Å². The van der Waals surface area contributed by atoms with Gasteiger partial charge in [-0.1, -0.05) is 60.7 Å². The minimum Gasteiger partial charge on any atom is -0.345 e. The number of pyridine rings is 1. The Morgan fingerprint density at radius 1 is 0.960 bits per heavy atom. The van der Waals surface area contributed by atoms with E-state index >= 15 is 0 Å². The van der Waals surface area contributed by atoms with Gasteiger partial charge in [0.05, 0.1) is 11.6 Å². The molecule has 0 spiro atoms. The molecule has 1 atom stereocenters. The number of rotatable bonds is 5. The van der Waals surface area contributed by atoms with E-state index in [-0.39, 0.29) is 17.5 Å². The molecule has 2 aromatic carbocycles. The predicted octanol–water partition coefficient (Wildman–Crippen LogP) is 3.10. The van der Waals surface area contributed by atoms with Gasteiger partial charge < -0.3 is 9.88 Å². The first-order chi connectivity index (χ1) is 12.1. The first kappa shape index (κ1) is 16.7. The lowest BCUT2D eigenvalue weighted by molar-refractivity contribution is 0.0935. The van der Waals surface area contributed by atoms with Crippen molar-refractivity contribution in [3.05, 3.63) is 106 Å². The zero-order valence-corrected chi connectivity index (χ0v) is 14.1. The average molecular weight is 332 g/mol. The van der Waals surface area contributed by atoms with Crippen LogP contribution < -0.4 is 10.9 Å². The number of hydrogen-bond donors (Lipinski definition) is 1. The van der Waals surface area contributed by atoms with Gasteiger partial charge >= 0.3 is 0 Å². The second-order valence-electron chi connectivity index (χ2n) is 5.99. The molecule has 0 fully saturated rings. The zero-order chi connectivity index (χ0) is 17.6. The Morgan fingerprint density at radius 3 is 2.24 bits per heavy atom. The van der Waals surface area contributed by atoms with Gasteiger partial charge in [-0.3, -0.25) is 9.59 Å². The maximum Gasteiger partial charge on any atom is 0.253 e. The van der Waals surface area contributed by atoms with Gasteiger partial charge in [0, 0.05) is 19.3 Å². The number of hydrogen-bond acceptors (Lipinski definition) is 2. The molecule has 3 rings (SSSR count). The number of nitrogens with zero attached hydrogens (tertiary/aromatic N) is 1. The molecule has 1 amide bonds. The van der Waals surface area contributed by atoms with Crippen molar-refractivity contribution in [3.63, 3.8) is 0 Å². The summed E-state index contributed by atoms with van der Waals surface area (Å²) in [6.07, 6.45) is 2.25. The molecule has 0 bridgehead atoms. The van der Waals surface area contributed by atoms with Crippen LogP contribution in [0.15, 0.2) is 83.8 Å². The molecule has 0 saturated carbocycles. The SMILES string of the molecule is Cn1cc(C(=O)N[C@@H](Cc2ccccc2)c2ccccc2)ccc1=O. The van der Waals surface area contributed by atoms with Crippen molar-refractivity contribution in [2.24, 2.45) is 7.05 Å². The summed E-state index contributed by atoms with van der Waals surface area (Å²) >= 11 is 0. The Morgan fingerprint density at radius 2 is 1.60 bits per heavy atom. The Bertz CT molecular complexity index is 902. The minimum atomic E-state index is -0.194. The second-order valence-corrected chi connectivity index (χ2v) is 5.99. The van der Waals surface area contributed by atoms with E-state index < -0.39 is 0 Å². The number of benzene rings is 2. The summed E-state index contributed by atoms with van der Waals surface area (Å²) in [6, 6.07) is 22.8. The molecule has 1 heterocycles. The molecule has 1 aromatic heterocycles. The van der Waals surface area contributed by atoms with Crippen LogP contribution in [0.25, 0.3) is 0 Å². The van der Waals surface area contributed by atoms with E-state index in [4.69, 9.17) is 0 Å². The second kappa shape index (κ2) is 7.62. The number of amides is 1. The summed E-state index contributed by atoms with van der Waals surface area (Å²) in [5, 5.41) is 3.09. The third-order valence-electron chi connectivity index (χ3n) is 4.14. The van der Waals surface area contributed by atoms with E-state index in [2.05, 4.69) is 5.32 Å². The Labute approximate surface area is 146 Å². The van der Waals surface area contributed by atoms with Crippen molar-refractivity contribution < 1.29 is 4.79 Å². The van der Waals surface area contributed by atoms with Crippen LogP contribution >= 0.6 is 0 Å². The van der Waals surface area contributed by atoms with Gasteiger partial charge in [-0.2, -0.15) is 0 Å². The number of carbonyl (C=O) groups excluding carboxylic acids is 1. The van der Waals surface area contributed by atoms with Crippen molar-refractivity contribution >= 4 is 5.91 Å². The molecule has 0 saturated heterocycles. The highest BCUT2D eigenvalue weighted by Crippen LogP contribution is 2.19. The quantitative estimate of drug-likeness (QED) is 0.780. The third-order valence-corrected chi connectivity index (χ3v) is 4.14. The molecule has 0 radical (unpaired) electrons. The fourth-order valence-electron chi connectivity index (χ4n) is 2.76. The number of carbonyl (C=O) groups is 1. The number of aryl methyl sites for hydroxylation is 1. The van der Waals surface area contributed by atoms with E-state index in [0.29, 0.717) is 12.0 Å². The Balaban J connectivity index is 1.85. The molecule has 1 N–H and O–H groups in total.